The van der Waals surface area contributed by atoms with Crippen molar-refractivity contribution in [3.8, 4) is 6.07 Å². The van der Waals surface area contributed by atoms with E-state index in [1.165, 1.54) is 15.3 Å². The number of benzene rings is 1. The molecule has 2 nitrogen and oxygen atoms in total. The number of halogens is 1. The molecule has 1 N–H and O–H groups in total. The number of aryl methyl sites for hydroxylation is 2. The zero-order valence-corrected chi connectivity index (χ0v) is 11.8. The number of hydrogen-bond acceptors (Lipinski definition) is 3. The minimum absolute atomic E-state index is 0.487. The molecule has 1 aromatic carbocycles. The number of rotatable bonds is 3. The van der Waals surface area contributed by atoms with Gasteiger partial charge in [0.2, 0.25) is 0 Å². The van der Waals surface area contributed by atoms with Gasteiger partial charge in [-0.2, -0.15) is 5.26 Å². The molecular formula is C14H13ClN2S. The summed E-state index contributed by atoms with van der Waals surface area (Å²) in [5.41, 5.74) is 2.60. The van der Waals surface area contributed by atoms with Crippen molar-refractivity contribution in [3.63, 3.8) is 0 Å². The summed E-state index contributed by atoms with van der Waals surface area (Å²) >= 11 is 7.75. The van der Waals surface area contributed by atoms with E-state index in [0.29, 0.717) is 17.1 Å². The van der Waals surface area contributed by atoms with E-state index in [4.69, 9.17) is 16.9 Å². The van der Waals surface area contributed by atoms with Crippen LogP contribution in [0, 0.1) is 25.2 Å². The van der Waals surface area contributed by atoms with Gasteiger partial charge in [0.05, 0.1) is 16.3 Å². The second-order valence-electron chi connectivity index (χ2n) is 4.08. The summed E-state index contributed by atoms with van der Waals surface area (Å²) in [4.78, 5) is 2.59. The highest BCUT2D eigenvalue weighted by atomic mass is 35.5. The number of thiophene rings is 1. The molecule has 0 unspecified atom stereocenters. The third kappa shape index (κ3) is 2.66. The number of anilines is 1. The molecule has 0 amide bonds. The Morgan fingerprint density at radius 3 is 2.78 bits per heavy atom. The summed E-state index contributed by atoms with van der Waals surface area (Å²) in [7, 11) is 0. The van der Waals surface area contributed by atoms with Crippen molar-refractivity contribution >= 4 is 28.6 Å². The third-order valence-electron chi connectivity index (χ3n) is 2.80. The molecule has 0 saturated carbocycles. The van der Waals surface area contributed by atoms with Crippen LogP contribution in [0.5, 0.6) is 0 Å². The lowest BCUT2D eigenvalue weighted by Gasteiger charge is -2.07. The second-order valence-corrected chi connectivity index (χ2v) is 5.83. The number of nitrogens with one attached hydrogen (secondary N) is 1. The molecule has 0 fully saturated rings. The Bertz CT molecular complexity index is 591. The lowest BCUT2D eigenvalue weighted by molar-refractivity contribution is 1.18. The summed E-state index contributed by atoms with van der Waals surface area (Å²) in [6.07, 6.45) is 0. The predicted octanol–water partition coefficient (Wildman–Crippen LogP) is 4.50. The van der Waals surface area contributed by atoms with Crippen LogP contribution < -0.4 is 5.32 Å². The van der Waals surface area contributed by atoms with Gasteiger partial charge in [-0.05, 0) is 37.6 Å². The highest BCUT2D eigenvalue weighted by molar-refractivity contribution is 7.12. The van der Waals surface area contributed by atoms with E-state index in [-0.39, 0.29) is 0 Å². The molecule has 1 aromatic heterocycles. The molecule has 92 valence electrons. The summed E-state index contributed by atoms with van der Waals surface area (Å²) in [5.74, 6) is 0. The van der Waals surface area contributed by atoms with Gasteiger partial charge >= 0.3 is 0 Å². The highest BCUT2D eigenvalue weighted by Gasteiger charge is 2.07. The van der Waals surface area contributed by atoms with Gasteiger partial charge in [-0.3, -0.25) is 0 Å². The Morgan fingerprint density at radius 1 is 1.39 bits per heavy atom. The van der Waals surface area contributed by atoms with E-state index in [1.54, 1.807) is 17.4 Å². The fourth-order valence-corrected chi connectivity index (χ4v) is 2.91. The SMILES string of the molecule is Cc1cc(CNc2cccc(Cl)c2C#N)sc1C. The normalized spacial score (nSPS) is 10.1. The average molecular weight is 277 g/mol. The van der Waals surface area contributed by atoms with Gasteiger partial charge in [-0.1, -0.05) is 17.7 Å². The number of nitrogens with zero attached hydrogens (tertiary/aromatic N) is 1. The van der Waals surface area contributed by atoms with Gasteiger partial charge in [0, 0.05) is 16.3 Å². The standard InChI is InChI=1S/C14H13ClN2S/c1-9-6-11(18-10(9)2)8-17-14-5-3-4-13(15)12(14)7-16/h3-6,17H,8H2,1-2H3. The molecule has 0 atom stereocenters. The molecule has 0 aliphatic carbocycles. The van der Waals surface area contributed by atoms with Crippen LogP contribution >= 0.6 is 22.9 Å². The Kier molecular flexibility index (Phi) is 3.90. The minimum atomic E-state index is 0.487. The zero-order valence-electron chi connectivity index (χ0n) is 10.2. The van der Waals surface area contributed by atoms with Gasteiger partial charge in [0.1, 0.15) is 6.07 Å². The quantitative estimate of drug-likeness (QED) is 0.896. The van der Waals surface area contributed by atoms with E-state index in [2.05, 4.69) is 31.3 Å². The van der Waals surface area contributed by atoms with Crippen LogP contribution in [0.3, 0.4) is 0 Å². The fourth-order valence-electron chi connectivity index (χ4n) is 1.70. The summed E-state index contributed by atoms with van der Waals surface area (Å²) < 4.78 is 0. The Labute approximate surface area is 116 Å². The minimum Gasteiger partial charge on any atom is -0.379 e. The van der Waals surface area contributed by atoms with E-state index < -0.39 is 0 Å². The number of hydrogen-bond donors (Lipinski definition) is 1. The van der Waals surface area contributed by atoms with Crippen molar-refractivity contribution in [2.45, 2.75) is 20.4 Å². The molecule has 0 bridgehead atoms. The second kappa shape index (κ2) is 5.43. The topological polar surface area (TPSA) is 35.8 Å². The summed E-state index contributed by atoms with van der Waals surface area (Å²) in [6, 6.07) is 9.74. The predicted molar refractivity (Wildman–Crippen MR) is 77.3 cm³/mol. The van der Waals surface area contributed by atoms with E-state index in [1.807, 2.05) is 12.1 Å². The lowest BCUT2D eigenvalue weighted by atomic mass is 10.2. The van der Waals surface area contributed by atoms with Gasteiger partial charge in [-0.15, -0.1) is 11.3 Å². The average Bonchev–Trinajstić information content (AvgIpc) is 2.66. The van der Waals surface area contributed by atoms with Crippen molar-refractivity contribution in [1.29, 1.82) is 5.26 Å². The molecule has 0 saturated heterocycles. The van der Waals surface area contributed by atoms with Gasteiger partial charge in [-0.25, -0.2) is 0 Å². The molecule has 2 aromatic rings. The summed E-state index contributed by atoms with van der Waals surface area (Å²) in [5, 5.41) is 12.8. The monoisotopic (exact) mass is 276 g/mol. The van der Waals surface area contributed by atoms with Gasteiger partial charge in [0.25, 0.3) is 0 Å². The first-order valence-corrected chi connectivity index (χ1v) is 6.79. The van der Waals surface area contributed by atoms with Crippen LogP contribution in [0.1, 0.15) is 20.9 Å². The first-order valence-electron chi connectivity index (χ1n) is 5.60. The first-order chi connectivity index (χ1) is 8.61. The molecule has 0 radical (unpaired) electrons. The van der Waals surface area contributed by atoms with Gasteiger partial charge in [0.15, 0.2) is 0 Å². The van der Waals surface area contributed by atoms with E-state index in [9.17, 15) is 0 Å². The molecule has 0 aliphatic rings. The molecule has 18 heavy (non-hydrogen) atoms. The Morgan fingerprint density at radius 2 is 2.17 bits per heavy atom. The van der Waals surface area contributed by atoms with Crippen LogP contribution in [0.15, 0.2) is 24.3 Å². The van der Waals surface area contributed by atoms with Crippen LogP contribution in [-0.2, 0) is 6.54 Å². The Balaban J connectivity index is 2.16. The largest absolute Gasteiger partial charge is 0.379 e. The van der Waals surface area contributed by atoms with E-state index in [0.717, 1.165) is 5.69 Å². The van der Waals surface area contributed by atoms with Crippen molar-refractivity contribution < 1.29 is 0 Å². The maximum atomic E-state index is 9.07. The fraction of sp³-hybridized carbons (Fsp3) is 0.214. The maximum Gasteiger partial charge on any atom is 0.103 e. The van der Waals surface area contributed by atoms with Gasteiger partial charge < -0.3 is 5.32 Å². The lowest BCUT2D eigenvalue weighted by Crippen LogP contribution is -1.99. The van der Waals surface area contributed by atoms with Crippen LogP contribution in [-0.4, -0.2) is 0 Å². The molecule has 2 rings (SSSR count). The molecule has 0 aliphatic heterocycles. The summed E-state index contributed by atoms with van der Waals surface area (Å²) in [6.45, 7) is 4.94. The molecular weight excluding hydrogens is 264 g/mol. The smallest absolute Gasteiger partial charge is 0.103 e. The molecule has 0 spiro atoms. The van der Waals surface area contributed by atoms with Crippen LogP contribution in [0.4, 0.5) is 5.69 Å². The Hall–Kier alpha value is -1.50. The zero-order chi connectivity index (χ0) is 13.1. The highest BCUT2D eigenvalue weighted by Crippen LogP contribution is 2.25. The maximum absolute atomic E-state index is 9.07. The van der Waals surface area contributed by atoms with E-state index >= 15 is 0 Å². The third-order valence-corrected chi connectivity index (χ3v) is 4.26. The van der Waals surface area contributed by atoms with Crippen molar-refractivity contribution in [2.24, 2.45) is 0 Å². The first kappa shape index (κ1) is 12.9. The van der Waals surface area contributed by atoms with Crippen LogP contribution in [0.2, 0.25) is 5.02 Å². The van der Waals surface area contributed by atoms with Crippen LogP contribution in [0.25, 0.3) is 0 Å². The van der Waals surface area contributed by atoms with Crippen molar-refractivity contribution in [2.75, 3.05) is 5.32 Å². The van der Waals surface area contributed by atoms with Crippen molar-refractivity contribution in [3.05, 3.63) is 50.2 Å². The molecule has 1 heterocycles. The number of nitriles is 1. The van der Waals surface area contributed by atoms with Crippen molar-refractivity contribution in [1.82, 2.24) is 0 Å². The molecule has 4 heteroatoms.